The van der Waals surface area contributed by atoms with Crippen LogP contribution in [0.15, 0.2) is 58.0 Å². The minimum absolute atomic E-state index is 0.391. The van der Waals surface area contributed by atoms with E-state index in [1.54, 1.807) is 34.8 Å². The summed E-state index contributed by atoms with van der Waals surface area (Å²) in [6, 6.07) is 13.1. The normalized spacial score (nSPS) is 26.9. The number of nitrogens with zero attached hydrogens (tertiary/aromatic N) is 2. The first-order valence-corrected chi connectivity index (χ1v) is 10.8. The number of rotatable bonds is 5. The smallest absolute Gasteiger partial charge is 0.243 e. The van der Waals surface area contributed by atoms with Crippen LogP contribution in [0.25, 0.3) is 0 Å². The molecule has 1 unspecified atom stereocenters. The topological polar surface area (TPSA) is 53.8 Å². The summed E-state index contributed by atoms with van der Waals surface area (Å²) in [4.78, 5) is 2.74. The average molecular weight is 375 g/mol. The number of furan rings is 1. The third kappa shape index (κ3) is 3.33. The van der Waals surface area contributed by atoms with Crippen molar-refractivity contribution in [3.8, 4) is 0 Å². The van der Waals surface area contributed by atoms with E-state index in [1.807, 2.05) is 18.2 Å². The van der Waals surface area contributed by atoms with E-state index in [1.165, 1.54) is 0 Å². The standard InChI is InChI=1S/C20H26N2O3S/c1-21(14-17-8-6-12-25-17)20-11-5-7-16-13-22(15-19(16)20)26(23,24)18-9-3-2-4-10-18/h2-4,6,8-10,12,16,19-20H,5,7,11,13-15H2,1H3/t16-,19+,20?/m1/s1. The van der Waals surface area contributed by atoms with Gasteiger partial charge in [0.25, 0.3) is 0 Å². The minimum Gasteiger partial charge on any atom is -0.468 e. The molecule has 0 bridgehead atoms. The van der Waals surface area contributed by atoms with Crippen LogP contribution in [0.5, 0.6) is 0 Å². The van der Waals surface area contributed by atoms with Crippen molar-refractivity contribution < 1.29 is 12.8 Å². The van der Waals surface area contributed by atoms with Crippen molar-refractivity contribution in [1.29, 1.82) is 0 Å². The fourth-order valence-corrected chi connectivity index (χ4v) is 6.21. The predicted octanol–water partition coefficient (Wildman–Crippen LogP) is 3.20. The molecule has 0 N–H and O–H groups in total. The molecule has 0 spiro atoms. The maximum atomic E-state index is 13.0. The van der Waals surface area contributed by atoms with Crippen molar-refractivity contribution in [2.45, 2.75) is 36.7 Å². The van der Waals surface area contributed by atoms with Gasteiger partial charge < -0.3 is 4.42 Å². The van der Waals surface area contributed by atoms with Gasteiger partial charge in [0.2, 0.25) is 10.0 Å². The fourth-order valence-electron chi connectivity index (χ4n) is 4.65. The molecule has 26 heavy (non-hydrogen) atoms. The Labute approximate surface area is 155 Å². The third-order valence-electron chi connectivity index (χ3n) is 5.96. The highest BCUT2D eigenvalue weighted by Gasteiger charge is 2.45. The van der Waals surface area contributed by atoms with Crippen LogP contribution in [0.2, 0.25) is 0 Å². The van der Waals surface area contributed by atoms with Crippen LogP contribution < -0.4 is 0 Å². The first kappa shape index (κ1) is 17.8. The number of hydrogen-bond acceptors (Lipinski definition) is 4. The zero-order valence-electron chi connectivity index (χ0n) is 15.1. The molecule has 1 saturated heterocycles. The Hall–Kier alpha value is -1.63. The van der Waals surface area contributed by atoms with Gasteiger partial charge >= 0.3 is 0 Å². The SMILES string of the molecule is CN(Cc1ccco1)C1CCC[C@@H]2CN(S(=O)(=O)c3ccccc3)C[C@H]12. The van der Waals surface area contributed by atoms with Crippen LogP contribution in [0, 0.1) is 11.8 Å². The summed E-state index contributed by atoms with van der Waals surface area (Å²) < 4.78 is 33.2. The predicted molar refractivity (Wildman–Crippen MR) is 100.0 cm³/mol. The van der Waals surface area contributed by atoms with Gasteiger partial charge in [-0.3, -0.25) is 4.90 Å². The van der Waals surface area contributed by atoms with Crippen molar-refractivity contribution in [3.63, 3.8) is 0 Å². The Morgan fingerprint density at radius 2 is 1.92 bits per heavy atom. The van der Waals surface area contributed by atoms with E-state index in [-0.39, 0.29) is 0 Å². The first-order valence-electron chi connectivity index (χ1n) is 9.33. The summed E-state index contributed by atoms with van der Waals surface area (Å²) in [5, 5.41) is 0. The molecule has 1 aliphatic carbocycles. The van der Waals surface area contributed by atoms with Gasteiger partial charge in [-0.1, -0.05) is 24.6 Å². The summed E-state index contributed by atoms with van der Waals surface area (Å²) in [7, 11) is -1.27. The Kier molecular flexibility index (Phi) is 4.90. The molecule has 6 heteroatoms. The summed E-state index contributed by atoms with van der Waals surface area (Å²) >= 11 is 0. The van der Waals surface area contributed by atoms with Crippen molar-refractivity contribution >= 4 is 10.0 Å². The van der Waals surface area contributed by atoms with Crippen LogP contribution in [0.4, 0.5) is 0 Å². The van der Waals surface area contributed by atoms with Crippen LogP contribution in [0.3, 0.4) is 0 Å². The molecule has 140 valence electrons. The van der Waals surface area contributed by atoms with E-state index < -0.39 is 10.0 Å². The second kappa shape index (κ2) is 7.18. The lowest BCUT2D eigenvalue weighted by Crippen LogP contribution is -2.43. The van der Waals surface area contributed by atoms with Gasteiger partial charge in [-0.25, -0.2) is 8.42 Å². The Balaban J connectivity index is 1.51. The molecule has 5 nitrogen and oxygen atoms in total. The van der Waals surface area contributed by atoms with Crippen molar-refractivity contribution in [3.05, 3.63) is 54.5 Å². The zero-order valence-corrected chi connectivity index (χ0v) is 15.9. The Bertz CT molecular complexity index is 820. The molecule has 1 aliphatic heterocycles. The highest BCUT2D eigenvalue weighted by molar-refractivity contribution is 7.89. The maximum Gasteiger partial charge on any atom is 0.243 e. The van der Waals surface area contributed by atoms with E-state index >= 15 is 0 Å². The Morgan fingerprint density at radius 1 is 1.12 bits per heavy atom. The highest BCUT2D eigenvalue weighted by Crippen LogP contribution is 2.40. The first-order chi connectivity index (χ1) is 12.6. The molecule has 2 aliphatic rings. The van der Waals surface area contributed by atoms with E-state index in [4.69, 9.17) is 4.42 Å². The molecule has 2 fully saturated rings. The summed E-state index contributed by atoms with van der Waals surface area (Å²) in [5.74, 6) is 1.80. The summed E-state index contributed by atoms with van der Waals surface area (Å²) in [5.41, 5.74) is 0. The van der Waals surface area contributed by atoms with E-state index in [2.05, 4.69) is 11.9 Å². The molecule has 3 atom stereocenters. The lowest BCUT2D eigenvalue weighted by atomic mass is 9.77. The Morgan fingerprint density at radius 3 is 2.65 bits per heavy atom. The lowest BCUT2D eigenvalue weighted by Gasteiger charge is -2.38. The largest absolute Gasteiger partial charge is 0.468 e. The van der Waals surface area contributed by atoms with E-state index in [0.717, 1.165) is 31.6 Å². The minimum atomic E-state index is -3.40. The van der Waals surface area contributed by atoms with E-state index in [0.29, 0.717) is 35.9 Å². The molecule has 2 aromatic rings. The second-order valence-electron chi connectivity index (χ2n) is 7.55. The monoisotopic (exact) mass is 374 g/mol. The molecule has 4 rings (SSSR count). The number of hydrogen-bond donors (Lipinski definition) is 0. The van der Waals surface area contributed by atoms with Gasteiger partial charge in [-0.05, 0) is 56.0 Å². The lowest BCUT2D eigenvalue weighted by molar-refractivity contribution is 0.0999. The molecule has 2 heterocycles. The van der Waals surface area contributed by atoms with Crippen molar-refractivity contribution in [2.24, 2.45) is 11.8 Å². The number of sulfonamides is 1. The van der Waals surface area contributed by atoms with Gasteiger partial charge in [0.05, 0.1) is 17.7 Å². The highest BCUT2D eigenvalue weighted by atomic mass is 32.2. The quantitative estimate of drug-likeness (QED) is 0.806. The molecular formula is C20H26N2O3S. The van der Waals surface area contributed by atoms with Crippen LogP contribution >= 0.6 is 0 Å². The van der Waals surface area contributed by atoms with Gasteiger partial charge in [0.15, 0.2) is 0 Å². The average Bonchev–Trinajstić information content (AvgIpc) is 3.31. The van der Waals surface area contributed by atoms with Gasteiger partial charge in [-0.15, -0.1) is 0 Å². The van der Waals surface area contributed by atoms with Crippen LogP contribution in [-0.2, 0) is 16.6 Å². The van der Waals surface area contributed by atoms with Gasteiger partial charge in [0, 0.05) is 19.1 Å². The van der Waals surface area contributed by atoms with Crippen molar-refractivity contribution in [2.75, 3.05) is 20.1 Å². The van der Waals surface area contributed by atoms with Crippen LogP contribution in [0.1, 0.15) is 25.0 Å². The zero-order chi connectivity index (χ0) is 18.1. The molecular weight excluding hydrogens is 348 g/mol. The molecule has 1 saturated carbocycles. The van der Waals surface area contributed by atoms with Gasteiger partial charge in [-0.2, -0.15) is 4.31 Å². The summed E-state index contributed by atoms with van der Waals surface area (Å²) in [6.07, 6.45) is 5.11. The maximum absolute atomic E-state index is 13.0. The molecule has 1 aromatic heterocycles. The molecule has 1 aromatic carbocycles. The number of fused-ring (bicyclic) bond motifs is 1. The fraction of sp³-hybridized carbons (Fsp3) is 0.500. The van der Waals surface area contributed by atoms with Gasteiger partial charge in [0.1, 0.15) is 5.76 Å². The third-order valence-corrected chi connectivity index (χ3v) is 7.81. The van der Waals surface area contributed by atoms with E-state index in [9.17, 15) is 8.42 Å². The second-order valence-corrected chi connectivity index (χ2v) is 9.49. The molecule has 0 amide bonds. The van der Waals surface area contributed by atoms with Crippen molar-refractivity contribution in [1.82, 2.24) is 9.21 Å². The number of benzene rings is 1. The molecule has 0 radical (unpaired) electrons. The summed E-state index contributed by atoms with van der Waals surface area (Å²) in [6.45, 7) is 2.04. The van der Waals surface area contributed by atoms with Crippen LogP contribution in [-0.4, -0.2) is 43.8 Å².